The van der Waals surface area contributed by atoms with Crippen molar-refractivity contribution in [2.24, 2.45) is 0 Å². The monoisotopic (exact) mass is 382 g/mol. The lowest BCUT2D eigenvalue weighted by Gasteiger charge is -2.22. The predicted molar refractivity (Wildman–Crippen MR) is 97.0 cm³/mol. The van der Waals surface area contributed by atoms with Gasteiger partial charge in [-0.3, -0.25) is 10.0 Å². The number of nitrogens with one attached hydrogen (secondary N) is 1. The van der Waals surface area contributed by atoms with Gasteiger partial charge in [-0.1, -0.05) is 32.9 Å². The number of rotatable bonds is 6. The summed E-state index contributed by atoms with van der Waals surface area (Å²) >= 11 is 1.45. The Morgan fingerprint density at radius 3 is 2.32 bits per heavy atom. The molecule has 2 N–H and O–H groups in total. The van der Waals surface area contributed by atoms with Crippen molar-refractivity contribution in [1.29, 1.82) is 0 Å². The molecule has 1 aromatic carbocycles. The first kappa shape index (κ1) is 19.6. The van der Waals surface area contributed by atoms with Gasteiger partial charge in [0, 0.05) is 6.54 Å². The van der Waals surface area contributed by atoms with Crippen LogP contribution in [0.2, 0.25) is 0 Å². The predicted octanol–water partition coefficient (Wildman–Crippen LogP) is 2.74. The van der Waals surface area contributed by atoms with E-state index in [4.69, 9.17) is 5.21 Å². The molecule has 0 radical (unpaired) electrons. The minimum atomic E-state index is -3.88. The van der Waals surface area contributed by atoms with E-state index in [1.165, 1.54) is 16.8 Å². The van der Waals surface area contributed by atoms with Crippen molar-refractivity contribution in [2.45, 2.75) is 37.6 Å². The Bertz CT molecular complexity index is 807. The van der Waals surface area contributed by atoms with E-state index in [2.05, 4.69) is 0 Å². The highest BCUT2D eigenvalue weighted by atomic mass is 32.2. The highest BCUT2D eigenvalue weighted by Gasteiger charge is 2.27. The van der Waals surface area contributed by atoms with Crippen molar-refractivity contribution in [2.75, 3.05) is 6.54 Å². The largest absolute Gasteiger partial charge is 0.289 e. The lowest BCUT2D eigenvalue weighted by atomic mass is 9.87. The summed E-state index contributed by atoms with van der Waals surface area (Å²) in [6.45, 7) is 5.73. The minimum Gasteiger partial charge on any atom is -0.289 e. The van der Waals surface area contributed by atoms with Gasteiger partial charge < -0.3 is 0 Å². The number of carbonyl (C=O) groups excluding carboxylic acids is 1. The highest BCUT2D eigenvalue weighted by molar-refractivity contribution is 7.89. The normalized spacial score (nSPS) is 12.4. The van der Waals surface area contributed by atoms with E-state index in [1.54, 1.807) is 30.3 Å². The molecule has 8 heteroatoms. The van der Waals surface area contributed by atoms with Gasteiger partial charge in [0.1, 0.15) is 0 Å². The number of sulfonamides is 1. The molecule has 0 saturated heterocycles. The van der Waals surface area contributed by atoms with Gasteiger partial charge >= 0.3 is 0 Å². The van der Waals surface area contributed by atoms with Crippen LogP contribution in [0.4, 0.5) is 0 Å². The Kier molecular flexibility index (Phi) is 5.99. The van der Waals surface area contributed by atoms with Crippen molar-refractivity contribution in [3.8, 4) is 0 Å². The molecular weight excluding hydrogens is 360 g/mol. The van der Waals surface area contributed by atoms with E-state index in [-0.39, 0.29) is 16.9 Å². The van der Waals surface area contributed by atoms with Gasteiger partial charge in [-0.15, -0.1) is 0 Å². The van der Waals surface area contributed by atoms with Gasteiger partial charge in [-0.25, -0.2) is 13.9 Å². The molecule has 2 rings (SSSR count). The first-order valence-corrected chi connectivity index (χ1v) is 10.1. The van der Waals surface area contributed by atoms with Crippen molar-refractivity contribution >= 4 is 27.3 Å². The number of hydrogen-bond acceptors (Lipinski definition) is 5. The molecule has 0 unspecified atom stereocenters. The molecule has 1 heterocycles. The van der Waals surface area contributed by atoms with Crippen molar-refractivity contribution < 1.29 is 18.4 Å². The summed E-state index contributed by atoms with van der Waals surface area (Å²) in [4.78, 5) is 11.7. The summed E-state index contributed by atoms with van der Waals surface area (Å²) in [5.74, 6) is -0.787. The lowest BCUT2D eigenvalue weighted by Crippen LogP contribution is -2.39. The molecule has 0 aliphatic heterocycles. The molecule has 0 spiro atoms. The molecule has 0 bridgehead atoms. The van der Waals surface area contributed by atoms with Crippen LogP contribution in [0.15, 0.2) is 46.0 Å². The summed E-state index contributed by atoms with van der Waals surface area (Å²) in [7, 11) is -3.88. The van der Waals surface area contributed by atoms with Crippen molar-refractivity contribution in [3.63, 3.8) is 0 Å². The van der Waals surface area contributed by atoms with Gasteiger partial charge in [0.15, 0.2) is 0 Å². The molecule has 0 aliphatic rings. The van der Waals surface area contributed by atoms with Crippen LogP contribution in [0.3, 0.4) is 0 Å². The number of amides is 1. The topological polar surface area (TPSA) is 86.7 Å². The summed E-state index contributed by atoms with van der Waals surface area (Å²) in [5, 5.41) is 12.4. The Hall–Kier alpha value is -1.74. The summed E-state index contributed by atoms with van der Waals surface area (Å²) < 4.78 is 26.9. The standard InChI is InChI=1S/C17H22N2O4S2/c1-17(2,3)14-4-6-15(7-5-14)25(22,23)19(11-16(20)18-21)10-13-8-9-24-12-13/h4-9,12,21H,10-11H2,1-3H3,(H,18,20). The summed E-state index contributed by atoms with van der Waals surface area (Å²) in [5.41, 5.74) is 3.20. The van der Waals surface area contributed by atoms with Crippen LogP contribution in [0.1, 0.15) is 31.9 Å². The van der Waals surface area contributed by atoms with Crippen molar-refractivity contribution in [3.05, 3.63) is 52.2 Å². The van der Waals surface area contributed by atoms with Gasteiger partial charge in [-0.2, -0.15) is 15.6 Å². The molecule has 0 atom stereocenters. The molecule has 136 valence electrons. The smallest absolute Gasteiger partial charge is 0.258 e. The summed E-state index contributed by atoms with van der Waals surface area (Å²) in [6.07, 6.45) is 0. The van der Waals surface area contributed by atoms with Crippen LogP contribution in [-0.4, -0.2) is 30.4 Å². The number of hydroxylamine groups is 1. The Labute approximate surface area is 152 Å². The number of hydrogen-bond donors (Lipinski definition) is 2. The zero-order chi connectivity index (χ0) is 18.7. The van der Waals surface area contributed by atoms with E-state index >= 15 is 0 Å². The fourth-order valence-electron chi connectivity index (χ4n) is 2.28. The number of carbonyl (C=O) groups is 1. The number of thiophene rings is 1. The van der Waals surface area contributed by atoms with Crippen LogP contribution < -0.4 is 5.48 Å². The first-order valence-electron chi connectivity index (χ1n) is 7.69. The molecule has 0 fully saturated rings. The SMILES string of the molecule is CC(C)(C)c1ccc(S(=O)(=O)N(CC(=O)NO)Cc2ccsc2)cc1. The van der Waals surface area contributed by atoms with Gasteiger partial charge in [0.25, 0.3) is 5.91 Å². The lowest BCUT2D eigenvalue weighted by molar-refractivity contribution is -0.129. The fourth-order valence-corrected chi connectivity index (χ4v) is 4.33. The quantitative estimate of drug-likeness (QED) is 0.594. The van der Waals surface area contributed by atoms with E-state index < -0.39 is 22.5 Å². The van der Waals surface area contributed by atoms with Crippen LogP contribution in [0, 0.1) is 0 Å². The molecule has 6 nitrogen and oxygen atoms in total. The zero-order valence-electron chi connectivity index (χ0n) is 14.4. The second-order valence-corrected chi connectivity index (χ2v) is 9.43. The third-order valence-electron chi connectivity index (χ3n) is 3.74. The molecule has 1 aromatic heterocycles. The van der Waals surface area contributed by atoms with E-state index in [9.17, 15) is 13.2 Å². The average molecular weight is 383 g/mol. The van der Waals surface area contributed by atoms with Crippen LogP contribution in [0.5, 0.6) is 0 Å². The second kappa shape index (κ2) is 7.65. The van der Waals surface area contributed by atoms with E-state index in [0.29, 0.717) is 0 Å². The van der Waals surface area contributed by atoms with Crippen LogP contribution in [0.25, 0.3) is 0 Å². The fraction of sp³-hybridized carbons (Fsp3) is 0.353. The Balaban J connectivity index is 2.34. The summed E-state index contributed by atoms with van der Waals surface area (Å²) in [6, 6.07) is 8.46. The molecular formula is C17H22N2O4S2. The maximum absolute atomic E-state index is 12.9. The average Bonchev–Trinajstić information content (AvgIpc) is 3.06. The molecule has 0 saturated carbocycles. The van der Waals surface area contributed by atoms with Crippen LogP contribution in [-0.2, 0) is 26.8 Å². The molecule has 0 aliphatic carbocycles. The van der Waals surface area contributed by atoms with Gasteiger partial charge in [-0.05, 0) is 45.5 Å². The number of benzene rings is 1. The van der Waals surface area contributed by atoms with Crippen molar-refractivity contribution in [1.82, 2.24) is 9.79 Å². The van der Waals surface area contributed by atoms with Crippen LogP contribution >= 0.6 is 11.3 Å². The maximum Gasteiger partial charge on any atom is 0.258 e. The second-order valence-electron chi connectivity index (χ2n) is 6.71. The third kappa shape index (κ3) is 4.88. The molecule has 25 heavy (non-hydrogen) atoms. The third-order valence-corrected chi connectivity index (χ3v) is 6.28. The molecule has 2 aromatic rings. The minimum absolute atomic E-state index is 0.0558. The Morgan fingerprint density at radius 1 is 1.20 bits per heavy atom. The highest BCUT2D eigenvalue weighted by Crippen LogP contribution is 2.25. The van der Waals surface area contributed by atoms with E-state index in [1.807, 2.05) is 31.5 Å². The Morgan fingerprint density at radius 2 is 1.84 bits per heavy atom. The van der Waals surface area contributed by atoms with Gasteiger partial charge in [0.05, 0.1) is 11.4 Å². The zero-order valence-corrected chi connectivity index (χ0v) is 16.0. The maximum atomic E-state index is 12.9. The molecule has 1 amide bonds. The first-order chi connectivity index (χ1) is 11.6. The van der Waals surface area contributed by atoms with Gasteiger partial charge in [0.2, 0.25) is 10.0 Å². The number of nitrogens with zero attached hydrogens (tertiary/aromatic N) is 1. The van der Waals surface area contributed by atoms with E-state index in [0.717, 1.165) is 15.4 Å².